The van der Waals surface area contributed by atoms with Gasteiger partial charge in [0.05, 0.1) is 17.7 Å². The Morgan fingerprint density at radius 2 is 2.29 bits per heavy atom. The number of carboxylic acids is 1. The Morgan fingerprint density at radius 1 is 1.59 bits per heavy atom. The summed E-state index contributed by atoms with van der Waals surface area (Å²) in [6.07, 6.45) is 0.128. The summed E-state index contributed by atoms with van der Waals surface area (Å²) in [4.78, 5) is 10.8. The van der Waals surface area contributed by atoms with Crippen LogP contribution in [0, 0.1) is 13.8 Å². The minimum absolute atomic E-state index is 0.128. The second-order valence-electron chi connectivity index (χ2n) is 4.61. The fraction of sp³-hybridized carbons (Fsp3) is 0.636. The van der Waals surface area contributed by atoms with E-state index in [2.05, 4.69) is 15.8 Å². The lowest BCUT2D eigenvalue weighted by Gasteiger charge is -2.42. The number of nitrogens with one attached hydrogen (secondary N) is 2. The fourth-order valence-corrected chi connectivity index (χ4v) is 2.06. The van der Waals surface area contributed by atoms with Crippen LogP contribution in [-0.2, 0) is 11.3 Å². The predicted octanol–water partition coefficient (Wildman–Crippen LogP) is 0.198. The zero-order valence-corrected chi connectivity index (χ0v) is 10.0. The van der Waals surface area contributed by atoms with Crippen LogP contribution in [0.15, 0.2) is 4.52 Å². The lowest BCUT2D eigenvalue weighted by atomic mass is 9.88. The van der Waals surface area contributed by atoms with Crippen molar-refractivity contribution in [3.63, 3.8) is 0 Å². The zero-order chi connectivity index (χ0) is 12.5. The molecule has 6 nitrogen and oxygen atoms in total. The van der Waals surface area contributed by atoms with Crippen molar-refractivity contribution in [2.45, 2.75) is 32.4 Å². The normalized spacial score (nSPS) is 17.8. The van der Waals surface area contributed by atoms with Gasteiger partial charge in [0.2, 0.25) is 0 Å². The van der Waals surface area contributed by atoms with E-state index < -0.39 is 5.97 Å². The molecule has 1 fully saturated rings. The first-order valence-corrected chi connectivity index (χ1v) is 5.62. The average molecular weight is 239 g/mol. The van der Waals surface area contributed by atoms with Gasteiger partial charge in [0.1, 0.15) is 5.76 Å². The first-order chi connectivity index (χ1) is 8.02. The molecule has 0 saturated carbocycles. The quantitative estimate of drug-likeness (QED) is 0.680. The molecule has 0 spiro atoms. The molecule has 0 atom stereocenters. The minimum atomic E-state index is -0.780. The Hall–Kier alpha value is -1.40. The molecule has 17 heavy (non-hydrogen) atoms. The first kappa shape index (κ1) is 12.1. The van der Waals surface area contributed by atoms with E-state index in [-0.39, 0.29) is 12.0 Å². The largest absolute Gasteiger partial charge is 0.481 e. The van der Waals surface area contributed by atoms with Crippen LogP contribution < -0.4 is 10.6 Å². The van der Waals surface area contributed by atoms with E-state index in [0.717, 1.165) is 17.0 Å². The molecule has 2 rings (SSSR count). The van der Waals surface area contributed by atoms with E-state index in [1.165, 1.54) is 0 Å². The number of aromatic nitrogens is 1. The lowest BCUT2D eigenvalue weighted by Crippen LogP contribution is -2.68. The van der Waals surface area contributed by atoms with Gasteiger partial charge in [-0.25, -0.2) is 0 Å². The third kappa shape index (κ3) is 2.48. The summed E-state index contributed by atoms with van der Waals surface area (Å²) in [6, 6.07) is 0. The van der Waals surface area contributed by atoms with E-state index >= 15 is 0 Å². The SMILES string of the molecule is Cc1noc(C)c1CNC1(CC(=O)O)CNC1. The maximum atomic E-state index is 10.8. The molecule has 2 heterocycles. The highest BCUT2D eigenvalue weighted by atomic mass is 16.5. The molecule has 94 valence electrons. The van der Waals surface area contributed by atoms with E-state index in [9.17, 15) is 4.79 Å². The molecule has 0 aliphatic carbocycles. The van der Waals surface area contributed by atoms with Crippen molar-refractivity contribution in [1.29, 1.82) is 0 Å². The number of aliphatic carboxylic acids is 1. The summed E-state index contributed by atoms with van der Waals surface area (Å²) >= 11 is 0. The molecule has 0 radical (unpaired) electrons. The van der Waals surface area contributed by atoms with E-state index in [0.29, 0.717) is 19.6 Å². The molecular weight excluding hydrogens is 222 g/mol. The van der Waals surface area contributed by atoms with Gasteiger partial charge < -0.3 is 20.3 Å². The molecular formula is C11H17N3O3. The number of nitrogens with zero attached hydrogens (tertiary/aromatic N) is 1. The highest BCUT2D eigenvalue weighted by Crippen LogP contribution is 2.19. The van der Waals surface area contributed by atoms with Gasteiger partial charge in [-0.2, -0.15) is 0 Å². The van der Waals surface area contributed by atoms with Gasteiger partial charge in [0.25, 0.3) is 0 Å². The third-order valence-electron chi connectivity index (χ3n) is 3.24. The number of hydrogen-bond acceptors (Lipinski definition) is 5. The van der Waals surface area contributed by atoms with Crippen LogP contribution >= 0.6 is 0 Å². The summed E-state index contributed by atoms with van der Waals surface area (Å²) in [7, 11) is 0. The Balaban J connectivity index is 1.99. The van der Waals surface area contributed by atoms with Crippen LogP contribution in [-0.4, -0.2) is 34.9 Å². The topological polar surface area (TPSA) is 87.4 Å². The maximum Gasteiger partial charge on any atom is 0.305 e. The molecule has 1 aromatic heterocycles. The zero-order valence-electron chi connectivity index (χ0n) is 10.0. The molecule has 0 unspecified atom stereocenters. The summed E-state index contributed by atoms with van der Waals surface area (Å²) in [6.45, 7) is 5.71. The van der Waals surface area contributed by atoms with Crippen molar-refractivity contribution in [3.05, 3.63) is 17.0 Å². The monoisotopic (exact) mass is 239 g/mol. The highest BCUT2D eigenvalue weighted by molar-refractivity contribution is 5.68. The van der Waals surface area contributed by atoms with Crippen molar-refractivity contribution in [2.24, 2.45) is 0 Å². The number of rotatable bonds is 5. The number of aryl methyl sites for hydroxylation is 2. The van der Waals surface area contributed by atoms with Gasteiger partial charge in [0, 0.05) is 25.2 Å². The average Bonchev–Trinajstić information content (AvgIpc) is 2.51. The van der Waals surface area contributed by atoms with E-state index in [4.69, 9.17) is 9.63 Å². The second kappa shape index (κ2) is 4.46. The van der Waals surface area contributed by atoms with Gasteiger partial charge in [-0.15, -0.1) is 0 Å². The van der Waals surface area contributed by atoms with Gasteiger partial charge >= 0.3 is 5.97 Å². The number of carbonyl (C=O) groups is 1. The Kier molecular flexibility index (Phi) is 3.17. The predicted molar refractivity (Wildman–Crippen MR) is 60.7 cm³/mol. The molecule has 6 heteroatoms. The summed E-state index contributed by atoms with van der Waals surface area (Å²) in [5, 5.41) is 19.2. The van der Waals surface area contributed by atoms with Gasteiger partial charge in [-0.3, -0.25) is 4.79 Å². The van der Waals surface area contributed by atoms with Crippen molar-refractivity contribution in [3.8, 4) is 0 Å². The third-order valence-corrected chi connectivity index (χ3v) is 3.24. The molecule has 1 aliphatic heterocycles. The fourth-order valence-electron chi connectivity index (χ4n) is 2.06. The minimum Gasteiger partial charge on any atom is -0.481 e. The van der Waals surface area contributed by atoms with Gasteiger partial charge in [-0.05, 0) is 13.8 Å². The highest BCUT2D eigenvalue weighted by Gasteiger charge is 2.38. The smallest absolute Gasteiger partial charge is 0.305 e. The van der Waals surface area contributed by atoms with Crippen LogP contribution in [0.3, 0.4) is 0 Å². The lowest BCUT2D eigenvalue weighted by molar-refractivity contribution is -0.139. The van der Waals surface area contributed by atoms with Gasteiger partial charge in [0.15, 0.2) is 0 Å². The molecule has 3 N–H and O–H groups in total. The Labute approximate surface area is 99.4 Å². The van der Waals surface area contributed by atoms with E-state index in [1.54, 1.807) is 0 Å². The molecule has 1 aliphatic rings. The molecule has 1 aromatic rings. The van der Waals surface area contributed by atoms with Crippen molar-refractivity contribution in [2.75, 3.05) is 13.1 Å². The van der Waals surface area contributed by atoms with Crippen molar-refractivity contribution in [1.82, 2.24) is 15.8 Å². The van der Waals surface area contributed by atoms with Crippen LogP contribution in [0.2, 0.25) is 0 Å². The molecule has 0 aromatic carbocycles. The van der Waals surface area contributed by atoms with E-state index in [1.807, 2.05) is 13.8 Å². The molecule has 1 saturated heterocycles. The Morgan fingerprint density at radius 3 is 2.71 bits per heavy atom. The summed E-state index contributed by atoms with van der Waals surface area (Å²) in [5.74, 6) is 0.00511. The van der Waals surface area contributed by atoms with Crippen molar-refractivity contribution >= 4 is 5.97 Å². The van der Waals surface area contributed by atoms with Crippen LogP contribution in [0.5, 0.6) is 0 Å². The molecule has 0 amide bonds. The van der Waals surface area contributed by atoms with Crippen LogP contribution in [0.1, 0.15) is 23.4 Å². The van der Waals surface area contributed by atoms with Crippen molar-refractivity contribution < 1.29 is 14.4 Å². The first-order valence-electron chi connectivity index (χ1n) is 5.62. The number of carboxylic acid groups (broad SMARTS) is 1. The van der Waals surface area contributed by atoms with Crippen LogP contribution in [0.4, 0.5) is 0 Å². The Bertz CT molecular complexity index is 404. The van der Waals surface area contributed by atoms with Crippen LogP contribution in [0.25, 0.3) is 0 Å². The maximum absolute atomic E-state index is 10.8. The van der Waals surface area contributed by atoms with Gasteiger partial charge in [-0.1, -0.05) is 5.16 Å². The summed E-state index contributed by atoms with van der Waals surface area (Å²) < 4.78 is 5.07. The second-order valence-corrected chi connectivity index (χ2v) is 4.61. The number of hydrogen-bond donors (Lipinski definition) is 3. The standard InChI is InChI=1S/C11H17N3O3/c1-7-9(8(2)17-14-7)4-13-11(3-10(15)16)5-12-6-11/h12-13H,3-6H2,1-2H3,(H,15,16). The molecule has 0 bridgehead atoms. The summed E-state index contributed by atoms with van der Waals surface area (Å²) in [5.41, 5.74) is 1.54.